The molecule has 12 nitrogen and oxygen atoms in total. The van der Waals surface area contributed by atoms with Crippen molar-refractivity contribution in [2.75, 3.05) is 54.4 Å². The predicted molar refractivity (Wildman–Crippen MR) is 179 cm³/mol. The van der Waals surface area contributed by atoms with E-state index in [9.17, 15) is 14.4 Å². The lowest BCUT2D eigenvalue weighted by molar-refractivity contribution is -0.145. The lowest BCUT2D eigenvalue weighted by Crippen LogP contribution is -2.54. The molecule has 0 aliphatic carbocycles. The van der Waals surface area contributed by atoms with Crippen molar-refractivity contribution in [2.45, 2.75) is 44.9 Å². The second-order valence-corrected chi connectivity index (χ2v) is 12.7. The number of carbonyl (C=O) groups excluding carboxylic acids is 2. The number of amides is 1. The first-order chi connectivity index (χ1) is 23.0. The Morgan fingerprint density at radius 3 is 2.53 bits per heavy atom. The first-order valence-corrected chi connectivity index (χ1v) is 16.5. The number of nitrogens with one attached hydrogen (secondary N) is 1. The molecule has 4 aromatic rings. The number of rotatable bonds is 7. The van der Waals surface area contributed by atoms with Crippen LogP contribution in [0.3, 0.4) is 0 Å². The zero-order valence-electron chi connectivity index (χ0n) is 26.5. The van der Waals surface area contributed by atoms with E-state index in [0.29, 0.717) is 47.1 Å². The lowest BCUT2D eigenvalue weighted by Gasteiger charge is -2.43. The fourth-order valence-electron chi connectivity index (χ4n) is 7.46. The molecule has 0 bridgehead atoms. The van der Waals surface area contributed by atoms with Gasteiger partial charge in [-0.25, -0.2) is 9.97 Å². The van der Waals surface area contributed by atoms with Crippen molar-refractivity contribution in [3.05, 3.63) is 81.7 Å². The minimum Gasteiger partial charge on any atom is -0.368 e. The molecule has 8 rings (SSSR count). The number of aromatic nitrogens is 4. The van der Waals surface area contributed by atoms with Gasteiger partial charge >= 0.3 is 0 Å². The average Bonchev–Trinajstić information content (AvgIpc) is 3.46. The molecule has 242 valence electrons. The number of aryl methyl sites for hydroxylation is 1. The van der Waals surface area contributed by atoms with Crippen LogP contribution in [0.2, 0.25) is 0 Å². The van der Waals surface area contributed by atoms with Crippen LogP contribution >= 0.6 is 0 Å². The summed E-state index contributed by atoms with van der Waals surface area (Å²) in [6, 6.07) is 10.9. The fraction of sp³-hybridized carbons (Fsp3) is 0.400. The minimum absolute atomic E-state index is 0.150. The number of pyridine rings is 3. The van der Waals surface area contributed by atoms with Crippen LogP contribution in [0.25, 0.3) is 11.3 Å². The number of nitrogens with zero attached hydrogens (tertiary/aromatic N) is 7. The van der Waals surface area contributed by atoms with Crippen LogP contribution in [0.5, 0.6) is 0 Å². The number of fused-ring (bicyclic) bond motifs is 3. The molecule has 8 heterocycles. The Morgan fingerprint density at radius 2 is 1.79 bits per heavy atom. The summed E-state index contributed by atoms with van der Waals surface area (Å²) in [5.74, 6) is 0.753. The molecule has 0 spiro atoms. The van der Waals surface area contributed by atoms with Gasteiger partial charge in [0.15, 0.2) is 6.29 Å². The maximum atomic E-state index is 13.9. The Bertz CT molecular complexity index is 1900. The Morgan fingerprint density at radius 1 is 0.936 bits per heavy atom. The molecule has 2 saturated heterocycles. The van der Waals surface area contributed by atoms with Gasteiger partial charge < -0.3 is 24.1 Å². The van der Waals surface area contributed by atoms with Crippen molar-refractivity contribution in [3.63, 3.8) is 0 Å². The summed E-state index contributed by atoms with van der Waals surface area (Å²) < 4.78 is 9.45. The third kappa shape index (κ3) is 5.21. The van der Waals surface area contributed by atoms with Gasteiger partial charge in [-0.3, -0.25) is 24.2 Å². The van der Waals surface area contributed by atoms with Crippen LogP contribution in [0.4, 0.5) is 23.0 Å². The highest BCUT2D eigenvalue weighted by Gasteiger charge is 2.33. The number of ether oxygens (including phenoxy) is 1. The summed E-state index contributed by atoms with van der Waals surface area (Å²) in [4.78, 5) is 55.1. The Balaban J connectivity index is 1.08. The van der Waals surface area contributed by atoms with Gasteiger partial charge in [-0.1, -0.05) is 0 Å². The van der Waals surface area contributed by atoms with Gasteiger partial charge in [0, 0.05) is 88.4 Å². The zero-order chi connectivity index (χ0) is 32.1. The highest BCUT2D eigenvalue weighted by molar-refractivity contribution is 6.10. The predicted octanol–water partition coefficient (Wildman–Crippen LogP) is 3.61. The molecule has 0 saturated carbocycles. The van der Waals surface area contributed by atoms with E-state index in [2.05, 4.69) is 24.7 Å². The number of aldehydes is 1. The minimum atomic E-state index is -0.228. The van der Waals surface area contributed by atoms with Gasteiger partial charge in [0.2, 0.25) is 0 Å². The van der Waals surface area contributed by atoms with Crippen molar-refractivity contribution in [3.8, 4) is 11.3 Å². The number of hydrogen-bond donors (Lipinski definition) is 1. The first-order valence-electron chi connectivity index (χ1n) is 16.5. The Labute approximate surface area is 272 Å². The molecule has 12 heteroatoms. The molecular formula is C35H38N8O4. The largest absolute Gasteiger partial charge is 0.368 e. The van der Waals surface area contributed by atoms with Crippen LogP contribution in [0.1, 0.15) is 51.4 Å². The van der Waals surface area contributed by atoms with E-state index in [1.54, 1.807) is 30.3 Å². The van der Waals surface area contributed by atoms with E-state index in [-0.39, 0.29) is 23.3 Å². The number of piperazine rings is 1. The van der Waals surface area contributed by atoms with Gasteiger partial charge in [-0.2, -0.15) is 0 Å². The van der Waals surface area contributed by atoms with E-state index in [4.69, 9.17) is 9.72 Å². The maximum absolute atomic E-state index is 13.9. The lowest BCUT2D eigenvalue weighted by atomic mass is 10.0. The second-order valence-electron chi connectivity index (χ2n) is 12.7. The molecular weight excluding hydrogens is 596 g/mol. The van der Waals surface area contributed by atoms with Crippen molar-refractivity contribution in [1.82, 2.24) is 24.0 Å². The van der Waals surface area contributed by atoms with Crippen LogP contribution in [-0.2, 0) is 31.2 Å². The van der Waals surface area contributed by atoms with Crippen molar-refractivity contribution in [2.24, 2.45) is 7.05 Å². The molecule has 1 unspecified atom stereocenters. The number of carbonyl (C=O) groups is 2. The SMILES string of the molecule is Cn1c(-c2ccnc(N3CCc4c(cc5n4CCCC5)C3=O)c2C=O)c(Nc2ccc(N3CCN(C4CCO4)CC3)cn2)ccc1=O. The Kier molecular flexibility index (Phi) is 7.61. The van der Waals surface area contributed by atoms with Crippen LogP contribution in [0.15, 0.2) is 53.6 Å². The average molecular weight is 635 g/mol. The summed E-state index contributed by atoms with van der Waals surface area (Å²) >= 11 is 0. The molecule has 0 radical (unpaired) electrons. The zero-order valence-corrected chi connectivity index (χ0v) is 26.5. The molecule has 4 aliphatic heterocycles. The first kappa shape index (κ1) is 29.6. The smallest absolute Gasteiger partial charge is 0.261 e. The van der Waals surface area contributed by atoms with Gasteiger partial charge in [-0.15, -0.1) is 0 Å². The van der Waals surface area contributed by atoms with Gasteiger partial charge in [0.05, 0.1) is 41.0 Å². The highest BCUT2D eigenvalue weighted by Crippen LogP contribution is 2.36. The summed E-state index contributed by atoms with van der Waals surface area (Å²) in [6.45, 7) is 5.94. The molecule has 4 aliphatic rings. The Hall–Kier alpha value is -4.81. The van der Waals surface area contributed by atoms with Crippen molar-refractivity contribution < 1.29 is 14.3 Å². The normalized spacial score (nSPS) is 19.6. The molecule has 1 N–H and O–H groups in total. The number of hydrogen-bond acceptors (Lipinski definition) is 9. The van der Waals surface area contributed by atoms with Gasteiger partial charge in [0.1, 0.15) is 17.9 Å². The van der Waals surface area contributed by atoms with Crippen LogP contribution in [0, 0.1) is 0 Å². The molecule has 1 atom stereocenters. The summed E-state index contributed by atoms with van der Waals surface area (Å²) in [5, 5.41) is 3.37. The van der Waals surface area contributed by atoms with Crippen LogP contribution < -0.4 is 20.7 Å². The van der Waals surface area contributed by atoms with Crippen molar-refractivity contribution >= 4 is 35.2 Å². The third-order valence-corrected chi connectivity index (χ3v) is 10.1. The van der Waals surface area contributed by atoms with E-state index in [0.717, 1.165) is 82.7 Å². The highest BCUT2D eigenvalue weighted by atomic mass is 16.5. The molecule has 0 aromatic carbocycles. The summed E-state index contributed by atoms with van der Waals surface area (Å²) in [6.07, 6.45) is 9.46. The monoisotopic (exact) mass is 634 g/mol. The fourth-order valence-corrected chi connectivity index (χ4v) is 7.46. The van der Waals surface area contributed by atoms with Crippen molar-refractivity contribution in [1.29, 1.82) is 0 Å². The summed E-state index contributed by atoms with van der Waals surface area (Å²) in [5.41, 5.74) is 5.66. The molecule has 1 amide bonds. The maximum Gasteiger partial charge on any atom is 0.261 e. The van der Waals surface area contributed by atoms with Crippen LogP contribution in [-0.4, -0.2) is 81.8 Å². The number of anilines is 4. The molecule has 47 heavy (non-hydrogen) atoms. The molecule has 2 fully saturated rings. The quantitative estimate of drug-likeness (QED) is 0.304. The van der Waals surface area contributed by atoms with Gasteiger partial charge in [0.25, 0.3) is 11.5 Å². The van der Waals surface area contributed by atoms with E-state index in [1.165, 1.54) is 16.3 Å². The van der Waals surface area contributed by atoms with E-state index >= 15 is 0 Å². The topological polar surface area (TPSA) is 118 Å². The second kappa shape index (κ2) is 12.1. The van der Waals surface area contributed by atoms with E-state index < -0.39 is 0 Å². The third-order valence-electron chi connectivity index (χ3n) is 10.1. The standard InChI is InChI=1S/C35H38N8O4/c1-39-31(45)8-6-28(38-30-7-5-24(21-37-30)40-15-17-41(18-16-40)32-11-19-47-32)33(39)25-9-12-36-34(27(25)22-44)43-14-10-29-26(35(43)46)20-23-4-2-3-13-42(23)29/h5-9,12,20-22,32H,2-4,10-11,13-19H2,1H3,(H,37,38). The van der Waals surface area contributed by atoms with E-state index in [1.807, 2.05) is 24.4 Å². The van der Waals surface area contributed by atoms with Gasteiger partial charge in [-0.05, 0) is 49.6 Å². The summed E-state index contributed by atoms with van der Waals surface area (Å²) in [7, 11) is 1.67. The molecule has 4 aromatic heterocycles.